The molecule has 4 aromatic carbocycles. The summed E-state index contributed by atoms with van der Waals surface area (Å²) in [5.41, 5.74) is 6.61. The number of ether oxygens (including phenoxy) is 12. The van der Waals surface area contributed by atoms with Crippen molar-refractivity contribution >= 4 is 54.7 Å². The molecule has 3 heterocycles. The van der Waals surface area contributed by atoms with Gasteiger partial charge in [-0.15, -0.1) is 4.73 Å². The van der Waals surface area contributed by atoms with Crippen molar-refractivity contribution in [2.45, 2.75) is 57.8 Å². The van der Waals surface area contributed by atoms with Gasteiger partial charge in [-0.3, -0.25) is 4.55 Å². The maximum Gasteiger partial charge on any atom is 0.335 e. The molecule has 510 valence electrons. The first kappa shape index (κ1) is 74.0. The van der Waals surface area contributed by atoms with Gasteiger partial charge in [0.25, 0.3) is 10.1 Å². The number of carbonyl (C=O) groups is 1. The number of benzene rings is 4. The number of aromatic nitrogens is 1. The molecule has 0 aliphatic carbocycles. The number of aromatic hydroxyl groups is 2. The normalized spacial score (nSPS) is 15.0. The number of hydrogen-bond donors (Lipinski definition) is 3. The third-order valence-electron chi connectivity index (χ3n) is 15.5. The summed E-state index contributed by atoms with van der Waals surface area (Å²) in [7, 11) is -4.02. The van der Waals surface area contributed by atoms with Crippen LogP contribution in [-0.4, -0.2) is 222 Å². The average Bonchev–Trinajstić information content (AvgIpc) is 1.59. The predicted octanol–water partition coefficient (Wildman–Crippen LogP) is 8.84. The zero-order valence-electron chi connectivity index (χ0n) is 54.5. The number of hydrogen-bond acceptors (Lipinski definition) is 19. The largest absolute Gasteiger partial charge is 0.492 e. The smallest absolute Gasteiger partial charge is 0.335 e. The second kappa shape index (κ2) is 40.1. The number of allylic oxidation sites excluding steroid dienone is 8. The first-order valence-electron chi connectivity index (χ1n) is 32.1. The van der Waals surface area contributed by atoms with Crippen LogP contribution in [0.5, 0.6) is 11.8 Å². The van der Waals surface area contributed by atoms with Crippen molar-refractivity contribution in [3.63, 3.8) is 0 Å². The predicted molar refractivity (Wildman–Crippen MR) is 356 cm³/mol. The van der Waals surface area contributed by atoms with Gasteiger partial charge in [0.2, 0.25) is 17.4 Å². The first-order valence-corrected chi connectivity index (χ1v) is 33.7. The Hall–Kier alpha value is -6.39. The molecule has 5 aromatic rings. The van der Waals surface area contributed by atoms with Crippen molar-refractivity contribution < 1.29 is 94.2 Å². The summed E-state index contributed by atoms with van der Waals surface area (Å²) in [6, 6.07) is 28.2. The van der Waals surface area contributed by atoms with E-state index in [2.05, 4.69) is 140 Å². The van der Waals surface area contributed by atoms with E-state index >= 15 is 0 Å². The van der Waals surface area contributed by atoms with E-state index in [9.17, 15) is 28.0 Å². The number of carbonyl (C=O) groups excluding carboxylic acids is 1. The molecule has 0 amide bonds. The molecule has 2 aliphatic rings. The van der Waals surface area contributed by atoms with Gasteiger partial charge in [-0.25, -0.2) is 4.79 Å². The summed E-state index contributed by atoms with van der Waals surface area (Å²) in [4.78, 5) is 19.0. The molecule has 0 spiro atoms. The van der Waals surface area contributed by atoms with Crippen molar-refractivity contribution in [3.05, 3.63) is 144 Å². The van der Waals surface area contributed by atoms with Crippen LogP contribution in [0.2, 0.25) is 0 Å². The van der Waals surface area contributed by atoms with Crippen LogP contribution in [0.4, 0.5) is 11.4 Å². The molecule has 0 saturated heterocycles. The second-order valence-corrected chi connectivity index (χ2v) is 24.5. The lowest BCUT2D eigenvalue weighted by atomic mass is 9.79. The lowest BCUT2D eigenvalue weighted by molar-refractivity contribution is -0.438. The zero-order valence-corrected chi connectivity index (χ0v) is 55.3. The molecular weight excluding hydrogens is 1220 g/mol. The van der Waals surface area contributed by atoms with Crippen LogP contribution in [0.25, 0.3) is 21.5 Å². The highest BCUT2D eigenvalue weighted by atomic mass is 32.2. The third kappa shape index (κ3) is 24.1. The Labute approximate surface area is 547 Å². The van der Waals surface area contributed by atoms with Crippen molar-refractivity contribution in [1.29, 1.82) is 0 Å². The van der Waals surface area contributed by atoms with E-state index in [0.29, 0.717) is 176 Å². The van der Waals surface area contributed by atoms with E-state index in [0.717, 1.165) is 11.4 Å². The number of nitrogens with zero attached hydrogens (tertiary/aromatic N) is 3. The van der Waals surface area contributed by atoms with E-state index in [1.165, 1.54) is 56.2 Å². The quantitative estimate of drug-likeness (QED) is 0.0142. The summed E-state index contributed by atoms with van der Waals surface area (Å²) >= 11 is 0. The van der Waals surface area contributed by atoms with Gasteiger partial charge in [0, 0.05) is 59.6 Å². The summed E-state index contributed by atoms with van der Waals surface area (Å²) in [5, 5.41) is 23.8. The Morgan fingerprint density at radius 2 is 0.903 bits per heavy atom. The van der Waals surface area contributed by atoms with Crippen LogP contribution in [0.1, 0.15) is 58.1 Å². The molecular formula is C70H96N3O19S+. The fourth-order valence-electron chi connectivity index (χ4n) is 11.1. The van der Waals surface area contributed by atoms with Crippen LogP contribution in [-0.2, 0) is 82.6 Å². The highest BCUT2D eigenvalue weighted by Crippen LogP contribution is 2.51. The fourth-order valence-corrected chi connectivity index (χ4v) is 11.6. The van der Waals surface area contributed by atoms with Gasteiger partial charge in [0.1, 0.15) is 6.54 Å². The number of fused-ring (bicyclic) bond motifs is 6. The van der Waals surface area contributed by atoms with Crippen molar-refractivity contribution in [3.8, 4) is 11.8 Å². The SMILES string of the molecule is CC1(C)C(=CC=CC=CC=CC2=[N+](CCCCS(=O)(=O)O)c3ccc4ccccc4c3C2(C)C)N(CCOCCOCCOCCOCCOCCOCCOCCOCCOCCOCCOCCOCCC(=O)On2c(O)ccc2O)c2ccc3ccccc3c21. The number of unbranched alkanes of at least 4 members (excludes halogenated alkanes) is 1. The molecule has 23 heteroatoms. The monoisotopic (exact) mass is 1310 g/mol. The van der Waals surface area contributed by atoms with Crippen LogP contribution in [0.3, 0.4) is 0 Å². The molecule has 0 fully saturated rings. The maximum atomic E-state index is 11.8. The van der Waals surface area contributed by atoms with E-state index in [4.69, 9.17) is 61.7 Å². The molecule has 3 N–H and O–H groups in total. The van der Waals surface area contributed by atoms with Gasteiger partial charge in [-0.05, 0) is 65.6 Å². The molecule has 0 radical (unpaired) electrons. The Morgan fingerprint density at radius 1 is 0.484 bits per heavy atom. The molecule has 0 unspecified atom stereocenters. The van der Waals surface area contributed by atoms with Crippen LogP contribution in [0.15, 0.2) is 133 Å². The topological polar surface area (TPSA) is 243 Å². The summed E-state index contributed by atoms with van der Waals surface area (Å²) in [6.45, 7) is 20.6. The molecule has 0 saturated carbocycles. The van der Waals surface area contributed by atoms with Crippen LogP contribution >= 0.6 is 0 Å². The molecule has 1 aromatic heterocycles. The molecule has 2 aliphatic heterocycles. The minimum Gasteiger partial charge on any atom is -0.492 e. The second-order valence-electron chi connectivity index (χ2n) is 22.9. The zero-order chi connectivity index (χ0) is 66.0. The lowest BCUT2D eigenvalue weighted by Crippen LogP contribution is -2.29. The van der Waals surface area contributed by atoms with Crippen molar-refractivity contribution in [2.75, 3.05) is 182 Å². The highest BCUT2D eigenvalue weighted by molar-refractivity contribution is 7.85. The average molecular weight is 1320 g/mol. The Kier molecular flexibility index (Phi) is 31.9. The Balaban J connectivity index is 0.666. The maximum absolute atomic E-state index is 11.8. The van der Waals surface area contributed by atoms with E-state index in [1.807, 2.05) is 12.2 Å². The van der Waals surface area contributed by atoms with Gasteiger partial charge < -0.3 is 76.8 Å². The Bertz CT molecular complexity index is 3320. The van der Waals surface area contributed by atoms with Gasteiger partial charge in [-0.1, -0.05) is 98.8 Å². The molecule has 0 atom stereocenters. The molecule has 0 bridgehead atoms. The molecule has 7 rings (SSSR count). The van der Waals surface area contributed by atoms with Crippen molar-refractivity contribution in [2.24, 2.45) is 0 Å². The summed E-state index contributed by atoms with van der Waals surface area (Å²) < 4.78 is 103. The summed E-state index contributed by atoms with van der Waals surface area (Å²) in [5.74, 6) is -1.69. The minimum absolute atomic E-state index is 0.0567. The van der Waals surface area contributed by atoms with Crippen molar-refractivity contribution in [1.82, 2.24) is 4.73 Å². The van der Waals surface area contributed by atoms with Crippen LogP contribution < -0.4 is 9.74 Å². The number of anilines is 1. The van der Waals surface area contributed by atoms with Gasteiger partial charge >= 0.3 is 5.97 Å². The lowest BCUT2D eigenvalue weighted by Gasteiger charge is -2.27. The van der Waals surface area contributed by atoms with Gasteiger partial charge in [0.15, 0.2) is 5.71 Å². The fraction of sp³-hybridized carbons (Fsp3) is 0.514. The van der Waals surface area contributed by atoms with Gasteiger partial charge in [0.05, 0.1) is 176 Å². The van der Waals surface area contributed by atoms with Gasteiger partial charge in [-0.2, -0.15) is 13.0 Å². The molecule has 93 heavy (non-hydrogen) atoms. The van der Waals surface area contributed by atoms with E-state index in [-0.39, 0.29) is 48.0 Å². The first-order chi connectivity index (χ1) is 45.2. The van der Waals surface area contributed by atoms with Crippen LogP contribution in [0, 0.1) is 0 Å². The highest BCUT2D eigenvalue weighted by Gasteiger charge is 2.45. The summed E-state index contributed by atoms with van der Waals surface area (Å²) in [6.07, 6.45) is 15.6. The van der Waals surface area contributed by atoms with E-state index < -0.39 is 16.1 Å². The minimum atomic E-state index is -4.02. The molecule has 22 nitrogen and oxygen atoms in total. The van der Waals surface area contributed by atoms with E-state index in [1.54, 1.807) is 0 Å². The Morgan fingerprint density at radius 3 is 1.39 bits per heavy atom. The standard InChI is InChI=1S/C70H95N3O19S/c1-69(2)62(71(29-14-15-55-93(77,78)79)60-24-22-56-16-10-12-18-58(56)67(60)69)20-8-6-5-7-9-21-63-70(3,4)68-59-19-13-11-17-57(59)23-25-61(68)72(63)30-32-81-34-36-83-38-40-85-42-44-87-46-48-89-50-52-91-54-53-90-51-49-88-47-45-86-43-41-84-39-37-82-35-33-80-31-28-66(76)92-73-64(74)26-27-65(73)75/h5-13,16-27H,14-15,28-55H2,1-4H3,(H2-,74,75,77,78,79)/p+1. The number of rotatable bonds is 49. The third-order valence-corrected chi connectivity index (χ3v) is 16.3.